The molecule has 2 rings (SSSR count). The number of hydrogen-bond donors (Lipinski definition) is 1. The van der Waals surface area contributed by atoms with Gasteiger partial charge in [0.05, 0.1) is 5.69 Å². The molecule has 15 heavy (non-hydrogen) atoms. The van der Waals surface area contributed by atoms with Crippen molar-refractivity contribution >= 4 is 0 Å². The van der Waals surface area contributed by atoms with Gasteiger partial charge in [-0.3, -0.25) is 0 Å². The van der Waals surface area contributed by atoms with Crippen molar-refractivity contribution in [2.45, 2.75) is 38.8 Å². The number of ether oxygens (including phenoxy) is 1. The summed E-state index contributed by atoms with van der Waals surface area (Å²) in [7, 11) is 0. The van der Waals surface area contributed by atoms with Crippen LogP contribution in [0.5, 0.6) is 5.88 Å². The third-order valence-corrected chi connectivity index (χ3v) is 2.68. The molecule has 1 aromatic heterocycles. The van der Waals surface area contributed by atoms with E-state index in [0.717, 1.165) is 24.7 Å². The number of nitrogens with zero attached hydrogens (tertiary/aromatic N) is 1. The molecular weight excluding hydrogens is 188 g/mol. The molecule has 1 N–H and O–H groups in total. The van der Waals surface area contributed by atoms with Crippen molar-refractivity contribution in [3.8, 4) is 5.88 Å². The first-order chi connectivity index (χ1) is 7.38. The number of hydrogen-bond acceptors (Lipinski definition) is 3. The second-order valence-corrected chi connectivity index (χ2v) is 3.92. The highest BCUT2D eigenvalue weighted by molar-refractivity contribution is 5.16. The van der Waals surface area contributed by atoms with Crippen molar-refractivity contribution in [3.05, 3.63) is 23.9 Å². The zero-order chi connectivity index (χ0) is 10.5. The third kappa shape index (κ3) is 2.93. The molecule has 1 aromatic rings. The minimum atomic E-state index is 0.409. The van der Waals surface area contributed by atoms with E-state index in [1.165, 1.54) is 19.3 Å². The van der Waals surface area contributed by atoms with Gasteiger partial charge in [-0.2, -0.15) is 0 Å². The van der Waals surface area contributed by atoms with Gasteiger partial charge in [-0.25, -0.2) is 4.98 Å². The van der Waals surface area contributed by atoms with Gasteiger partial charge in [0, 0.05) is 12.6 Å². The molecule has 0 unspecified atom stereocenters. The summed E-state index contributed by atoms with van der Waals surface area (Å²) in [6.07, 6.45) is 4.06. The third-order valence-electron chi connectivity index (χ3n) is 2.68. The highest BCUT2D eigenvalue weighted by Gasteiger charge is 2.19. The molecule has 1 saturated carbocycles. The van der Waals surface area contributed by atoms with Gasteiger partial charge in [-0.1, -0.05) is 13.0 Å². The molecule has 0 saturated heterocycles. The molecule has 0 aliphatic heterocycles. The van der Waals surface area contributed by atoms with Crippen molar-refractivity contribution in [1.82, 2.24) is 10.3 Å². The van der Waals surface area contributed by atoms with Gasteiger partial charge < -0.3 is 10.1 Å². The van der Waals surface area contributed by atoms with E-state index in [1.54, 1.807) is 0 Å². The Balaban J connectivity index is 1.92. The number of pyridine rings is 1. The van der Waals surface area contributed by atoms with Gasteiger partial charge >= 0.3 is 0 Å². The Morgan fingerprint density at radius 1 is 1.47 bits per heavy atom. The van der Waals surface area contributed by atoms with Gasteiger partial charge in [-0.05, 0) is 31.9 Å². The van der Waals surface area contributed by atoms with Crippen LogP contribution in [-0.2, 0) is 6.54 Å². The minimum absolute atomic E-state index is 0.409. The Morgan fingerprint density at radius 2 is 2.33 bits per heavy atom. The van der Waals surface area contributed by atoms with Crippen LogP contribution in [0, 0.1) is 0 Å². The molecule has 82 valence electrons. The molecule has 0 radical (unpaired) electrons. The second-order valence-electron chi connectivity index (χ2n) is 3.92. The Labute approximate surface area is 90.9 Å². The van der Waals surface area contributed by atoms with Crippen molar-refractivity contribution in [1.29, 1.82) is 0 Å². The lowest BCUT2D eigenvalue weighted by Crippen LogP contribution is -2.25. The molecule has 3 nitrogen and oxygen atoms in total. The lowest BCUT2D eigenvalue weighted by atomic mass is 9.96. The smallest absolute Gasteiger partial charge is 0.213 e. The predicted octanol–water partition coefficient (Wildman–Crippen LogP) is 2.12. The van der Waals surface area contributed by atoms with Crippen molar-refractivity contribution in [2.24, 2.45) is 0 Å². The molecule has 0 bridgehead atoms. The van der Waals surface area contributed by atoms with Crippen LogP contribution in [0.25, 0.3) is 0 Å². The Bertz CT molecular complexity index is 310. The summed E-state index contributed by atoms with van der Waals surface area (Å²) in [4.78, 5) is 4.45. The highest BCUT2D eigenvalue weighted by atomic mass is 16.5. The van der Waals surface area contributed by atoms with Crippen LogP contribution in [0.1, 0.15) is 31.9 Å². The molecule has 0 spiro atoms. The molecule has 0 atom stereocenters. The second kappa shape index (κ2) is 5.12. The molecule has 1 heterocycles. The fourth-order valence-corrected chi connectivity index (χ4v) is 1.53. The summed E-state index contributed by atoms with van der Waals surface area (Å²) in [5.41, 5.74) is 1.05. The van der Waals surface area contributed by atoms with E-state index in [1.807, 2.05) is 18.2 Å². The van der Waals surface area contributed by atoms with Crippen LogP contribution in [0.15, 0.2) is 18.2 Å². The molecule has 0 amide bonds. The van der Waals surface area contributed by atoms with Crippen LogP contribution >= 0.6 is 0 Å². The van der Waals surface area contributed by atoms with E-state index in [4.69, 9.17) is 4.74 Å². The van der Waals surface area contributed by atoms with Crippen LogP contribution in [0.2, 0.25) is 0 Å². The van der Waals surface area contributed by atoms with Crippen LogP contribution in [-0.4, -0.2) is 17.6 Å². The summed E-state index contributed by atoms with van der Waals surface area (Å²) in [6.45, 7) is 3.88. The van der Waals surface area contributed by atoms with Crippen molar-refractivity contribution < 1.29 is 4.74 Å². The van der Waals surface area contributed by atoms with Crippen molar-refractivity contribution in [3.63, 3.8) is 0 Å². The summed E-state index contributed by atoms with van der Waals surface area (Å²) in [5, 5.41) is 3.25. The predicted molar refractivity (Wildman–Crippen MR) is 59.9 cm³/mol. The standard InChI is InChI=1S/C12H18N2O/c1-2-13-9-10-5-3-8-12(14-10)15-11-6-4-7-11/h3,5,8,11,13H,2,4,6-7,9H2,1H3. The first-order valence-electron chi connectivity index (χ1n) is 5.72. The Hall–Kier alpha value is -1.09. The molecule has 1 fully saturated rings. The van der Waals surface area contributed by atoms with Crippen LogP contribution < -0.4 is 10.1 Å². The summed E-state index contributed by atoms with van der Waals surface area (Å²) in [5.74, 6) is 0.773. The average molecular weight is 206 g/mol. The topological polar surface area (TPSA) is 34.1 Å². The lowest BCUT2D eigenvalue weighted by molar-refractivity contribution is 0.114. The molecular formula is C12H18N2O. The molecule has 1 aliphatic rings. The maximum atomic E-state index is 5.73. The highest BCUT2D eigenvalue weighted by Crippen LogP contribution is 2.23. The largest absolute Gasteiger partial charge is 0.474 e. The zero-order valence-corrected chi connectivity index (χ0v) is 9.20. The van der Waals surface area contributed by atoms with E-state index < -0.39 is 0 Å². The first kappa shape index (κ1) is 10.4. The van der Waals surface area contributed by atoms with Gasteiger partial charge in [-0.15, -0.1) is 0 Å². The number of nitrogens with one attached hydrogen (secondary N) is 1. The zero-order valence-electron chi connectivity index (χ0n) is 9.20. The fourth-order valence-electron chi connectivity index (χ4n) is 1.53. The maximum absolute atomic E-state index is 5.73. The van der Waals surface area contributed by atoms with Crippen LogP contribution in [0.4, 0.5) is 0 Å². The van der Waals surface area contributed by atoms with Crippen LogP contribution in [0.3, 0.4) is 0 Å². The quantitative estimate of drug-likeness (QED) is 0.801. The van der Waals surface area contributed by atoms with Gasteiger partial charge in [0.25, 0.3) is 0 Å². The number of aromatic nitrogens is 1. The lowest BCUT2D eigenvalue weighted by Gasteiger charge is -2.25. The van der Waals surface area contributed by atoms with Crippen molar-refractivity contribution in [2.75, 3.05) is 6.54 Å². The van der Waals surface area contributed by atoms with Gasteiger partial charge in [0.1, 0.15) is 6.10 Å². The SMILES string of the molecule is CCNCc1cccc(OC2CCC2)n1. The Kier molecular flexibility index (Phi) is 3.56. The van der Waals surface area contributed by atoms with Gasteiger partial charge in [0.2, 0.25) is 5.88 Å². The van der Waals surface area contributed by atoms with E-state index in [-0.39, 0.29) is 0 Å². The average Bonchev–Trinajstić information content (AvgIpc) is 2.21. The normalized spacial score (nSPS) is 16.1. The minimum Gasteiger partial charge on any atom is -0.474 e. The van der Waals surface area contributed by atoms with Gasteiger partial charge in [0.15, 0.2) is 0 Å². The van der Waals surface area contributed by atoms with E-state index >= 15 is 0 Å². The molecule has 1 aliphatic carbocycles. The molecule has 3 heteroatoms. The summed E-state index contributed by atoms with van der Waals surface area (Å²) in [6, 6.07) is 5.97. The first-order valence-corrected chi connectivity index (χ1v) is 5.72. The van der Waals surface area contributed by atoms with E-state index in [9.17, 15) is 0 Å². The summed E-state index contributed by atoms with van der Waals surface area (Å²) >= 11 is 0. The summed E-state index contributed by atoms with van der Waals surface area (Å²) < 4.78 is 5.73. The van der Waals surface area contributed by atoms with E-state index in [0.29, 0.717) is 6.10 Å². The molecule has 0 aromatic carbocycles. The maximum Gasteiger partial charge on any atom is 0.213 e. The van der Waals surface area contributed by atoms with E-state index in [2.05, 4.69) is 17.2 Å². The fraction of sp³-hybridized carbons (Fsp3) is 0.583. The number of rotatable bonds is 5. The Morgan fingerprint density at radius 3 is 3.00 bits per heavy atom. The monoisotopic (exact) mass is 206 g/mol.